The van der Waals surface area contributed by atoms with Crippen LogP contribution in [0.25, 0.3) is 21.6 Å². The van der Waals surface area contributed by atoms with Crippen LogP contribution in [0.1, 0.15) is 85.0 Å². The van der Waals surface area contributed by atoms with Gasteiger partial charge in [-0.2, -0.15) is 0 Å². The molecule has 1 fully saturated rings. The molecule has 8 heteroatoms. The van der Waals surface area contributed by atoms with E-state index in [1.165, 1.54) is 17.6 Å². The molecule has 0 spiro atoms. The molecule has 3 heterocycles. The number of pyridine rings is 2. The van der Waals surface area contributed by atoms with Crippen molar-refractivity contribution in [3.63, 3.8) is 0 Å². The van der Waals surface area contributed by atoms with Crippen LogP contribution in [-0.2, 0) is 15.6 Å². The maximum Gasteiger partial charge on any atom is 0.343 e. The minimum Gasteiger partial charge on any atom is -0.465 e. The van der Waals surface area contributed by atoms with E-state index in [0.717, 1.165) is 48.2 Å². The highest BCUT2D eigenvalue weighted by molar-refractivity contribution is 7.15. The Hall–Kier alpha value is -2.29. The molecule has 192 valence electrons. The Labute approximate surface area is 217 Å². The molecular formula is C28H36N2O4SSi. The fourth-order valence-corrected chi connectivity index (χ4v) is 7.41. The molecule has 0 amide bonds. The molecule has 0 N–H and O–H groups in total. The molecule has 0 aliphatic heterocycles. The number of nitrogens with zero attached hydrogens (tertiary/aromatic N) is 2. The molecule has 6 nitrogen and oxygen atoms in total. The number of esters is 1. The maximum absolute atomic E-state index is 13.2. The van der Waals surface area contributed by atoms with Crippen LogP contribution in [0.3, 0.4) is 0 Å². The van der Waals surface area contributed by atoms with Gasteiger partial charge in [-0.1, -0.05) is 20.8 Å². The second-order valence-electron chi connectivity index (χ2n) is 11.8. The summed E-state index contributed by atoms with van der Waals surface area (Å²) in [7, 11) is -0.596. The number of carbonyl (C=O) groups is 1. The number of aryl methyl sites for hydroxylation is 2. The number of aromatic nitrogens is 2. The summed E-state index contributed by atoms with van der Waals surface area (Å²) in [6, 6.07) is 4.44. The van der Waals surface area contributed by atoms with Crippen LogP contribution in [0.4, 0.5) is 0 Å². The monoisotopic (exact) mass is 524 g/mol. The lowest BCUT2D eigenvalue weighted by Gasteiger charge is -2.40. The number of carbonyl (C=O) groups excluding carboxylic acids is 1. The van der Waals surface area contributed by atoms with Gasteiger partial charge in [-0.05, 0) is 80.4 Å². The lowest BCUT2D eigenvalue weighted by atomic mass is 9.96. The Morgan fingerprint density at radius 3 is 2.56 bits per heavy atom. The van der Waals surface area contributed by atoms with Crippen molar-refractivity contribution in [1.82, 2.24) is 9.55 Å². The molecule has 36 heavy (non-hydrogen) atoms. The quantitative estimate of drug-likeness (QED) is 0.267. The highest BCUT2D eigenvalue weighted by Gasteiger charge is 2.40. The van der Waals surface area contributed by atoms with E-state index in [1.54, 1.807) is 17.5 Å². The summed E-state index contributed by atoms with van der Waals surface area (Å²) in [6.07, 6.45) is 7.06. The fraction of sp³-hybridized carbons (Fsp3) is 0.536. The second kappa shape index (κ2) is 8.92. The first-order valence-corrected chi connectivity index (χ1v) is 16.6. The van der Waals surface area contributed by atoms with Gasteiger partial charge in [-0.25, -0.2) is 9.78 Å². The first-order valence-electron chi connectivity index (χ1n) is 12.9. The molecule has 0 aromatic carbocycles. The van der Waals surface area contributed by atoms with Crippen molar-refractivity contribution in [2.45, 2.75) is 90.1 Å². The minimum atomic E-state index is -1.90. The van der Waals surface area contributed by atoms with Crippen LogP contribution in [0.2, 0.25) is 18.1 Å². The highest BCUT2D eigenvalue weighted by atomic mass is 32.1. The Morgan fingerprint density at radius 1 is 1.19 bits per heavy atom. The summed E-state index contributed by atoms with van der Waals surface area (Å²) < 4.78 is 13.8. The maximum atomic E-state index is 13.2. The van der Waals surface area contributed by atoms with Gasteiger partial charge in [0.15, 0.2) is 8.32 Å². The van der Waals surface area contributed by atoms with Gasteiger partial charge in [-0.3, -0.25) is 4.79 Å². The van der Waals surface area contributed by atoms with Crippen LogP contribution in [0.15, 0.2) is 23.1 Å². The first kappa shape index (κ1) is 25.4. The van der Waals surface area contributed by atoms with Crippen LogP contribution in [-0.4, -0.2) is 30.9 Å². The van der Waals surface area contributed by atoms with E-state index in [2.05, 4.69) is 39.9 Å². The summed E-state index contributed by atoms with van der Waals surface area (Å²) >= 11 is 1.81. The summed E-state index contributed by atoms with van der Waals surface area (Å²) in [5, 5.41) is 0.640. The van der Waals surface area contributed by atoms with Crippen LogP contribution in [0.5, 0.6) is 0 Å². The van der Waals surface area contributed by atoms with E-state index in [-0.39, 0.29) is 28.2 Å². The lowest BCUT2D eigenvalue weighted by Crippen LogP contribution is -2.42. The molecule has 3 aromatic heterocycles. The number of hydrogen-bond acceptors (Lipinski definition) is 6. The Kier molecular flexibility index (Phi) is 6.29. The Morgan fingerprint density at radius 2 is 1.92 bits per heavy atom. The smallest absolute Gasteiger partial charge is 0.343 e. The van der Waals surface area contributed by atoms with Gasteiger partial charge in [0.05, 0.1) is 29.2 Å². The number of methoxy groups -OCH3 is 1. The van der Waals surface area contributed by atoms with Crippen molar-refractivity contribution in [2.75, 3.05) is 7.11 Å². The minimum absolute atomic E-state index is 0.0723. The third-order valence-corrected chi connectivity index (χ3v) is 13.8. The number of hydrogen-bond donors (Lipinski definition) is 0. The van der Waals surface area contributed by atoms with Gasteiger partial charge in [0.25, 0.3) is 0 Å². The zero-order chi connectivity index (χ0) is 26.0. The van der Waals surface area contributed by atoms with Crippen molar-refractivity contribution in [2.24, 2.45) is 0 Å². The Bertz CT molecular complexity index is 1410. The summed E-state index contributed by atoms with van der Waals surface area (Å²) in [5.74, 6) is -0.600. The zero-order valence-corrected chi connectivity index (χ0v) is 24.2. The normalized spacial score (nSPS) is 18.4. The number of thiophene rings is 1. The van der Waals surface area contributed by atoms with Gasteiger partial charge in [-0.15, -0.1) is 11.3 Å². The van der Waals surface area contributed by atoms with Gasteiger partial charge >= 0.3 is 5.97 Å². The molecule has 0 radical (unpaired) electrons. The van der Waals surface area contributed by atoms with Crippen molar-refractivity contribution in [3.05, 3.63) is 50.1 Å². The topological polar surface area (TPSA) is 70.4 Å². The number of fused-ring (bicyclic) bond motifs is 2. The molecule has 2 aliphatic rings. The molecule has 1 unspecified atom stereocenters. The molecule has 2 aliphatic carbocycles. The average Bonchev–Trinajstić information content (AvgIpc) is 3.56. The predicted molar refractivity (Wildman–Crippen MR) is 148 cm³/mol. The predicted octanol–water partition coefficient (Wildman–Crippen LogP) is 6.95. The van der Waals surface area contributed by atoms with E-state index < -0.39 is 14.3 Å². The van der Waals surface area contributed by atoms with Crippen LogP contribution in [0, 0.1) is 6.92 Å². The van der Waals surface area contributed by atoms with Crippen LogP contribution < -0.4 is 5.43 Å². The standard InChI is InChI=1S/C28H36N2O4SSi/c1-16-13-19-25(31)20(27(32)33-5)15-30(17-11-12-17)26(19)29-24(16)23-14-18-21(9-8-10-22(18)35-23)34-36(6,7)28(2,3)4/h13-15,17,21H,8-12H2,1-7H3. The lowest BCUT2D eigenvalue weighted by molar-refractivity contribution is 0.0598. The van der Waals surface area contributed by atoms with Crippen molar-refractivity contribution in [3.8, 4) is 10.6 Å². The van der Waals surface area contributed by atoms with E-state index in [1.807, 2.05) is 17.6 Å². The van der Waals surface area contributed by atoms with Gasteiger partial charge in [0.2, 0.25) is 5.43 Å². The molecule has 3 aromatic rings. The molecule has 5 rings (SSSR count). The third kappa shape index (κ3) is 4.37. The average molecular weight is 525 g/mol. The van der Waals surface area contributed by atoms with Gasteiger partial charge in [0.1, 0.15) is 11.2 Å². The molecule has 0 saturated heterocycles. The summed E-state index contributed by atoms with van der Waals surface area (Å²) in [6.45, 7) is 13.5. The number of ether oxygens (including phenoxy) is 1. The van der Waals surface area contributed by atoms with E-state index >= 15 is 0 Å². The number of rotatable bonds is 5. The van der Waals surface area contributed by atoms with Gasteiger partial charge in [0, 0.05) is 17.1 Å². The molecular weight excluding hydrogens is 488 g/mol. The summed E-state index contributed by atoms with van der Waals surface area (Å²) in [5.41, 5.74) is 3.56. The van der Waals surface area contributed by atoms with Gasteiger partial charge < -0.3 is 13.7 Å². The van der Waals surface area contributed by atoms with Crippen LogP contribution >= 0.6 is 11.3 Å². The first-order chi connectivity index (χ1) is 16.9. The van der Waals surface area contributed by atoms with Crippen molar-refractivity contribution in [1.29, 1.82) is 0 Å². The van der Waals surface area contributed by atoms with Crippen molar-refractivity contribution < 1.29 is 14.0 Å². The molecule has 1 atom stereocenters. The third-order valence-electron chi connectivity index (χ3n) is 8.08. The van der Waals surface area contributed by atoms with Crippen molar-refractivity contribution >= 4 is 36.7 Å². The second-order valence-corrected chi connectivity index (χ2v) is 17.7. The fourth-order valence-electron chi connectivity index (χ4n) is 4.79. The highest BCUT2D eigenvalue weighted by Crippen LogP contribution is 2.46. The van der Waals surface area contributed by atoms with E-state index in [9.17, 15) is 9.59 Å². The Balaban J connectivity index is 1.60. The summed E-state index contributed by atoms with van der Waals surface area (Å²) in [4.78, 5) is 33.0. The van der Waals surface area contributed by atoms with E-state index in [4.69, 9.17) is 14.1 Å². The van der Waals surface area contributed by atoms with E-state index in [0.29, 0.717) is 11.0 Å². The molecule has 0 bridgehead atoms. The largest absolute Gasteiger partial charge is 0.465 e. The zero-order valence-electron chi connectivity index (χ0n) is 22.4. The SMILES string of the molecule is COC(=O)c1cn(C2CC2)c2nc(-c3cc4c(s3)CCCC4O[Si](C)(C)C(C)(C)C)c(C)cc2c1=O. The molecule has 1 saturated carbocycles.